The molecule has 19 heavy (non-hydrogen) atoms. The largest absolute Gasteiger partial charge is 0.508 e. The number of aromatic nitrogens is 1. The molecule has 2 aromatic rings. The van der Waals surface area contributed by atoms with E-state index in [2.05, 4.69) is 9.72 Å². The molecule has 0 saturated heterocycles. The smallest absolute Gasteiger partial charge is 0.387 e. The first-order chi connectivity index (χ1) is 9.08. The number of phenolic OH excluding ortho intramolecular Hbond substituents is 1. The third-order valence-electron chi connectivity index (χ3n) is 2.32. The summed E-state index contributed by atoms with van der Waals surface area (Å²) >= 11 is 0. The van der Waals surface area contributed by atoms with E-state index in [-0.39, 0.29) is 22.8 Å². The van der Waals surface area contributed by atoms with Crippen LogP contribution >= 0.6 is 0 Å². The number of ether oxygens (including phenoxy) is 1. The Balaban J connectivity index is 2.41. The van der Waals surface area contributed by atoms with E-state index in [9.17, 15) is 18.7 Å². The quantitative estimate of drug-likeness (QED) is 0.863. The van der Waals surface area contributed by atoms with Crippen LogP contribution in [-0.2, 0) is 0 Å². The number of hydrogen-bond acceptors (Lipinski definition) is 4. The molecule has 0 fully saturated rings. The maximum atomic E-state index is 12.3. The number of nitrogens with zero attached hydrogens (tertiary/aromatic N) is 1. The van der Waals surface area contributed by atoms with Crippen molar-refractivity contribution >= 4 is 5.78 Å². The van der Waals surface area contributed by atoms with Crippen LogP contribution in [-0.4, -0.2) is 22.5 Å². The standard InChI is InChI=1S/C13H9F2NO3/c14-13(15)19-11-7-8(17)4-5-9(11)12(18)10-3-1-2-6-16-10/h1-7,13,17H. The second-order valence-electron chi connectivity index (χ2n) is 3.60. The van der Waals surface area contributed by atoms with Gasteiger partial charge in [-0.15, -0.1) is 0 Å². The monoisotopic (exact) mass is 265 g/mol. The summed E-state index contributed by atoms with van der Waals surface area (Å²) in [6.45, 7) is -3.09. The van der Waals surface area contributed by atoms with Crippen molar-refractivity contribution < 1.29 is 23.4 Å². The molecule has 98 valence electrons. The number of aromatic hydroxyl groups is 1. The van der Waals surface area contributed by atoms with Crippen LogP contribution in [0.1, 0.15) is 16.1 Å². The summed E-state index contributed by atoms with van der Waals surface area (Å²) in [4.78, 5) is 15.9. The Bertz CT molecular complexity index is 588. The summed E-state index contributed by atoms with van der Waals surface area (Å²) in [5, 5.41) is 9.25. The van der Waals surface area contributed by atoms with Crippen molar-refractivity contribution in [2.75, 3.05) is 0 Å². The number of alkyl halides is 2. The Labute approximate surface area is 107 Å². The summed E-state index contributed by atoms with van der Waals surface area (Å²) in [7, 11) is 0. The van der Waals surface area contributed by atoms with E-state index in [4.69, 9.17) is 0 Å². The number of pyridine rings is 1. The molecule has 1 N–H and O–H groups in total. The van der Waals surface area contributed by atoms with Gasteiger partial charge in [-0.05, 0) is 24.3 Å². The molecule has 0 aliphatic carbocycles. The van der Waals surface area contributed by atoms with Crippen molar-refractivity contribution in [1.82, 2.24) is 4.98 Å². The molecular weight excluding hydrogens is 256 g/mol. The molecule has 0 saturated carbocycles. The lowest BCUT2D eigenvalue weighted by Crippen LogP contribution is -2.09. The normalized spacial score (nSPS) is 10.5. The summed E-state index contributed by atoms with van der Waals surface area (Å²) in [5.41, 5.74) is 0.0177. The molecule has 0 bridgehead atoms. The third kappa shape index (κ3) is 3.04. The zero-order valence-electron chi connectivity index (χ0n) is 9.59. The fraction of sp³-hybridized carbons (Fsp3) is 0.0769. The van der Waals surface area contributed by atoms with Gasteiger partial charge in [-0.3, -0.25) is 9.78 Å². The number of rotatable bonds is 4. The van der Waals surface area contributed by atoms with Crippen LogP contribution < -0.4 is 4.74 Å². The van der Waals surface area contributed by atoms with Gasteiger partial charge in [0.1, 0.15) is 17.2 Å². The molecule has 1 heterocycles. The van der Waals surface area contributed by atoms with Gasteiger partial charge < -0.3 is 9.84 Å². The molecule has 6 heteroatoms. The highest BCUT2D eigenvalue weighted by molar-refractivity contribution is 6.09. The van der Waals surface area contributed by atoms with Crippen LogP contribution in [0.4, 0.5) is 8.78 Å². The van der Waals surface area contributed by atoms with E-state index in [1.807, 2.05) is 0 Å². The molecule has 0 amide bonds. The zero-order valence-corrected chi connectivity index (χ0v) is 9.59. The summed E-state index contributed by atoms with van der Waals surface area (Å²) in [6.07, 6.45) is 1.42. The average molecular weight is 265 g/mol. The maximum absolute atomic E-state index is 12.3. The topological polar surface area (TPSA) is 59.4 Å². The second-order valence-corrected chi connectivity index (χ2v) is 3.60. The number of halogens is 2. The predicted octanol–water partition coefficient (Wildman–Crippen LogP) is 2.62. The zero-order chi connectivity index (χ0) is 13.8. The highest BCUT2D eigenvalue weighted by Crippen LogP contribution is 2.27. The SMILES string of the molecule is O=C(c1ccccn1)c1ccc(O)cc1OC(F)F. The Kier molecular flexibility index (Phi) is 3.70. The van der Waals surface area contributed by atoms with Crippen LogP contribution in [0.25, 0.3) is 0 Å². The molecule has 2 rings (SSSR count). The van der Waals surface area contributed by atoms with Gasteiger partial charge >= 0.3 is 6.61 Å². The van der Waals surface area contributed by atoms with E-state index < -0.39 is 12.4 Å². The van der Waals surface area contributed by atoms with Crippen LogP contribution in [0.5, 0.6) is 11.5 Å². The average Bonchev–Trinajstić information content (AvgIpc) is 2.38. The minimum Gasteiger partial charge on any atom is -0.508 e. The van der Waals surface area contributed by atoms with E-state index in [0.717, 1.165) is 6.07 Å². The van der Waals surface area contributed by atoms with Crippen molar-refractivity contribution in [3.05, 3.63) is 53.9 Å². The molecule has 4 nitrogen and oxygen atoms in total. The van der Waals surface area contributed by atoms with Crippen molar-refractivity contribution in [1.29, 1.82) is 0 Å². The van der Waals surface area contributed by atoms with E-state index in [1.165, 1.54) is 24.4 Å². The van der Waals surface area contributed by atoms with Gasteiger partial charge in [0.25, 0.3) is 0 Å². The lowest BCUT2D eigenvalue weighted by molar-refractivity contribution is -0.0502. The highest BCUT2D eigenvalue weighted by Gasteiger charge is 2.18. The Hall–Kier alpha value is -2.50. The van der Waals surface area contributed by atoms with Gasteiger partial charge in [0.2, 0.25) is 5.78 Å². The van der Waals surface area contributed by atoms with Crippen LogP contribution in [0.15, 0.2) is 42.6 Å². The van der Waals surface area contributed by atoms with E-state index >= 15 is 0 Å². The van der Waals surface area contributed by atoms with Gasteiger partial charge in [0.05, 0.1) is 5.56 Å². The van der Waals surface area contributed by atoms with Crippen molar-refractivity contribution in [3.63, 3.8) is 0 Å². The van der Waals surface area contributed by atoms with E-state index in [0.29, 0.717) is 0 Å². The predicted molar refractivity (Wildman–Crippen MR) is 62.4 cm³/mol. The molecule has 0 unspecified atom stereocenters. The lowest BCUT2D eigenvalue weighted by Gasteiger charge is -2.10. The molecule has 0 radical (unpaired) electrons. The van der Waals surface area contributed by atoms with Crippen molar-refractivity contribution in [3.8, 4) is 11.5 Å². The first-order valence-electron chi connectivity index (χ1n) is 5.31. The Morgan fingerprint density at radius 1 is 1.26 bits per heavy atom. The van der Waals surface area contributed by atoms with Gasteiger partial charge in [0.15, 0.2) is 0 Å². The number of ketones is 1. The molecular formula is C13H9F2NO3. The number of phenols is 1. The fourth-order valence-electron chi connectivity index (χ4n) is 1.53. The maximum Gasteiger partial charge on any atom is 0.387 e. The number of carbonyl (C=O) groups is 1. The number of hydrogen-bond donors (Lipinski definition) is 1. The molecule has 0 atom stereocenters. The molecule has 0 aliphatic heterocycles. The Morgan fingerprint density at radius 3 is 2.68 bits per heavy atom. The summed E-state index contributed by atoms with van der Waals surface area (Å²) in [5.74, 6) is -1.21. The van der Waals surface area contributed by atoms with Gasteiger partial charge in [-0.1, -0.05) is 6.07 Å². The highest BCUT2D eigenvalue weighted by atomic mass is 19.3. The number of benzene rings is 1. The van der Waals surface area contributed by atoms with Crippen LogP contribution in [0, 0.1) is 0 Å². The molecule has 1 aromatic heterocycles. The van der Waals surface area contributed by atoms with Crippen LogP contribution in [0.3, 0.4) is 0 Å². The van der Waals surface area contributed by atoms with Gasteiger partial charge in [0, 0.05) is 12.3 Å². The Morgan fingerprint density at radius 2 is 2.05 bits per heavy atom. The first-order valence-corrected chi connectivity index (χ1v) is 5.31. The minimum absolute atomic E-state index is 0.0863. The fourth-order valence-corrected chi connectivity index (χ4v) is 1.53. The lowest BCUT2D eigenvalue weighted by atomic mass is 10.1. The number of carbonyl (C=O) groups excluding carboxylic acids is 1. The summed E-state index contributed by atoms with van der Waals surface area (Å²) in [6, 6.07) is 8.08. The van der Waals surface area contributed by atoms with Crippen molar-refractivity contribution in [2.24, 2.45) is 0 Å². The molecule has 1 aromatic carbocycles. The summed E-state index contributed by atoms with van der Waals surface area (Å²) < 4.78 is 28.8. The van der Waals surface area contributed by atoms with Crippen LogP contribution in [0.2, 0.25) is 0 Å². The molecule has 0 spiro atoms. The minimum atomic E-state index is -3.09. The van der Waals surface area contributed by atoms with E-state index in [1.54, 1.807) is 12.1 Å². The third-order valence-corrected chi connectivity index (χ3v) is 2.32. The van der Waals surface area contributed by atoms with Gasteiger partial charge in [-0.25, -0.2) is 0 Å². The van der Waals surface area contributed by atoms with Crippen molar-refractivity contribution in [2.45, 2.75) is 6.61 Å². The molecule has 0 aliphatic rings. The first kappa shape index (κ1) is 12.9. The second kappa shape index (κ2) is 5.43. The van der Waals surface area contributed by atoms with Gasteiger partial charge in [-0.2, -0.15) is 8.78 Å².